The van der Waals surface area contributed by atoms with E-state index in [1.54, 1.807) is 18.3 Å². The third kappa shape index (κ3) is 2.76. The van der Waals surface area contributed by atoms with Gasteiger partial charge in [-0.25, -0.2) is 4.79 Å². The zero-order chi connectivity index (χ0) is 17.4. The lowest BCUT2D eigenvalue weighted by atomic mass is 10.0. The number of nitrogens with two attached hydrogens (primary N) is 1. The van der Waals surface area contributed by atoms with Gasteiger partial charge < -0.3 is 10.2 Å². The number of primary amides is 1. The van der Waals surface area contributed by atoms with Gasteiger partial charge in [-0.05, 0) is 22.9 Å². The zero-order valence-electron chi connectivity index (χ0n) is 13.3. The van der Waals surface area contributed by atoms with Gasteiger partial charge >= 0.3 is 5.63 Å². The number of pyridine rings is 1. The van der Waals surface area contributed by atoms with Crippen molar-refractivity contribution >= 4 is 27.6 Å². The summed E-state index contributed by atoms with van der Waals surface area (Å²) in [6.07, 6.45) is 3.51. The zero-order valence-corrected chi connectivity index (χ0v) is 13.3. The summed E-state index contributed by atoms with van der Waals surface area (Å²) in [6, 6.07) is 16.6. The van der Waals surface area contributed by atoms with Gasteiger partial charge in [-0.3, -0.25) is 4.79 Å². The Morgan fingerprint density at radius 1 is 1.08 bits per heavy atom. The minimum atomic E-state index is -0.489. The third-order valence-electron chi connectivity index (χ3n) is 4.21. The fourth-order valence-corrected chi connectivity index (χ4v) is 3.11. The van der Waals surface area contributed by atoms with Crippen LogP contribution in [0.2, 0.25) is 0 Å². The van der Waals surface area contributed by atoms with Crippen LogP contribution in [0.25, 0.3) is 21.7 Å². The molecule has 0 unspecified atom stereocenters. The highest BCUT2D eigenvalue weighted by atomic mass is 16.4. The first-order chi connectivity index (χ1) is 12.1. The lowest BCUT2D eigenvalue weighted by Crippen LogP contribution is -2.35. The van der Waals surface area contributed by atoms with Crippen molar-refractivity contribution in [3.63, 3.8) is 0 Å². The van der Waals surface area contributed by atoms with Gasteiger partial charge in [0.2, 0.25) is 0 Å². The molecule has 4 rings (SSSR count). The van der Waals surface area contributed by atoms with Gasteiger partial charge in [-0.2, -0.15) is 4.57 Å². The summed E-state index contributed by atoms with van der Waals surface area (Å²) in [5.41, 5.74) is 6.74. The van der Waals surface area contributed by atoms with Gasteiger partial charge in [0.15, 0.2) is 18.9 Å². The SMILES string of the molecule is NC(=O)c1ccc[n+](Cc2cc(=O)oc3ccc4ccccc4c23)c1. The van der Waals surface area contributed by atoms with E-state index in [1.165, 1.54) is 6.07 Å². The Kier molecular flexibility index (Phi) is 3.54. The van der Waals surface area contributed by atoms with E-state index in [-0.39, 0.29) is 0 Å². The van der Waals surface area contributed by atoms with Gasteiger partial charge in [0.1, 0.15) is 11.1 Å². The van der Waals surface area contributed by atoms with Gasteiger partial charge in [0, 0.05) is 23.1 Å². The number of rotatable bonds is 3. The summed E-state index contributed by atoms with van der Waals surface area (Å²) in [6.45, 7) is 0.428. The van der Waals surface area contributed by atoms with Crippen LogP contribution in [0.4, 0.5) is 0 Å². The molecular formula is C20H15N2O3+. The first kappa shape index (κ1) is 15.1. The van der Waals surface area contributed by atoms with Crippen molar-refractivity contribution in [3.05, 3.63) is 88.5 Å². The molecule has 0 bridgehead atoms. The largest absolute Gasteiger partial charge is 0.423 e. The number of fused-ring (bicyclic) bond motifs is 3. The highest BCUT2D eigenvalue weighted by Crippen LogP contribution is 2.27. The van der Waals surface area contributed by atoms with Crippen LogP contribution in [-0.2, 0) is 6.54 Å². The first-order valence-corrected chi connectivity index (χ1v) is 7.85. The van der Waals surface area contributed by atoms with Crippen LogP contribution < -0.4 is 15.9 Å². The standard InChI is InChI=1S/C20H14N2O3/c21-20(24)14-5-3-9-22(11-14)12-15-10-18(23)25-17-8-7-13-4-1-2-6-16(13)19(15)17/h1-11H,12H2,(H-,21,24)/p+1. The monoisotopic (exact) mass is 331 g/mol. The Balaban J connectivity index is 1.94. The Morgan fingerprint density at radius 2 is 1.92 bits per heavy atom. The second kappa shape index (κ2) is 5.87. The second-order valence-electron chi connectivity index (χ2n) is 5.88. The molecule has 0 aliphatic carbocycles. The molecular weight excluding hydrogens is 316 g/mol. The number of hydrogen-bond acceptors (Lipinski definition) is 3. The van der Waals surface area contributed by atoms with E-state index in [1.807, 2.05) is 47.2 Å². The minimum Gasteiger partial charge on any atom is -0.423 e. The molecule has 2 aromatic heterocycles. The predicted octanol–water partition coefficient (Wildman–Crippen LogP) is 2.38. The quantitative estimate of drug-likeness (QED) is 0.356. The normalized spacial score (nSPS) is 11.0. The maximum Gasteiger partial charge on any atom is 0.336 e. The topological polar surface area (TPSA) is 77.2 Å². The Bertz CT molecular complexity index is 1180. The van der Waals surface area contributed by atoms with Crippen LogP contribution in [0.3, 0.4) is 0 Å². The van der Waals surface area contributed by atoms with Gasteiger partial charge in [-0.15, -0.1) is 0 Å². The van der Waals surface area contributed by atoms with E-state index < -0.39 is 11.5 Å². The first-order valence-electron chi connectivity index (χ1n) is 7.85. The average molecular weight is 331 g/mol. The van der Waals surface area contributed by atoms with E-state index in [9.17, 15) is 9.59 Å². The molecule has 25 heavy (non-hydrogen) atoms. The van der Waals surface area contributed by atoms with Crippen molar-refractivity contribution in [2.45, 2.75) is 6.54 Å². The van der Waals surface area contributed by atoms with E-state index in [2.05, 4.69) is 0 Å². The third-order valence-corrected chi connectivity index (χ3v) is 4.21. The van der Waals surface area contributed by atoms with Crippen molar-refractivity contribution in [2.75, 3.05) is 0 Å². The summed E-state index contributed by atoms with van der Waals surface area (Å²) >= 11 is 0. The number of carbonyl (C=O) groups excluding carboxylic acids is 1. The second-order valence-corrected chi connectivity index (χ2v) is 5.88. The van der Waals surface area contributed by atoms with E-state index in [4.69, 9.17) is 10.2 Å². The summed E-state index contributed by atoms with van der Waals surface area (Å²) in [5.74, 6) is -0.489. The molecule has 0 aliphatic rings. The lowest BCUT2D eigenvalue weighted by molar-refractivity contribution is -0.688. The molecule has 4 aromatic rings. The molecule has 0 atom stereocenters. The molecule has 0 spiro atoms. The van der Waals surface area contributed by atoms with Crippen molar-refractivity contribution in [2.24, 2.45) is 5.73 Å². The molecule has 0 aliphatic heterocycles. The molecule has 0 radical (unpaired) electrons. The van der Waals surface area contributed by atoms with E-state index >= 15 is 0 Å². The van der Waals surface area contributed by atoms with Crippen molar-refractivity contribution < 1.29 is 13.8 Å². The predicted molar refractivity (Wildman–Crippen MR) is 94.2 cm³/mol. The molecule has 2 N–H and O–H groups in total. The fourth-order valence-electron chi connectivity index (χ4n) is 3.11. The highest BCUT2D eigenvalue weighted by molar-refractivity contribution is 6.06. The number of amides is 1. The Morgan fingerprint density at radius 3 is 2.76 bits per heavy atom. The highest BCUT2D eigenvalue weighted by Gasteiger charge is 2.14. The molecule has 122 valence electrons. The van der Waals surface area contributed by atoms with Gasteiger partial charge in [-0.1, -0.05) is 30.3 Å². The summed E-state index contributed by atoms with van der Waals surface area (Å²) in [4.78, 5) is 23.3. The van der Waals surface area contributed by atoms with Crippen molar-refractivity contribution in [1.29, 1.82) is 0 Å². The van der Waals surface area contributed by atoms with Gasteiger partial charge in [0.25, 0.3) is 5.91 Å². The molecule has 0 saturated heterocycles. The molecule has 5 heteroatoms. The maximum absolute atomic E-state index is 12.0. The van der Waals surface area contributed by atoms with Crippen molar-refractivity contribution in [1.82, 2.24) is 0 Å². The number of nitrogens with zero attached hydrogens (tertiary/aromatic N) is 1. The fraction of sp³-hybridized carbons (Fsp3) is 0.0500. The smallest absolute Gasteiger partial charge is 0.336 e. The molecule has 5 nitrogen and oxygen atoms in total. The Hall–Kier alpha value is -3.47. The number of hydrogen-bond donors (Lipinski definition) is 1. The molecule has 0 fully saturated rings. The number of benzene rings is 2. The van der Waals surface area contributed by atoms with Crippen LogP contribution in [0, 0.1) is 0 Å². The molecule has 2 aromatic carbocycles. The van der Waals surface area contributed by atoms with Crippen LogP contribution in [-0.4, -0.2) is 5.91 Å². The van der Waals surface area contributed by atoms with Crippen LogP contribution in [0.15, 0.2) is 76.2 Å². The average Bonchev–Trinajstić information content (AvgIpc) is 2.61. The molecule has 1 amide bonds. The maximum atomic E-state index is 12.0. The van der Waals surface area contributed by atoms with Gasteiger partial charge in [0.05, 0.1) is 0 Å². The van der Waals surface area contributed by atoms with Crippen LogP contribution in [0.5, 0.6) is 0 Å². The summed E-state index contributed by atoms with van der Waals surface area (Å²) < 4.78 is 7.20. The van der Waals surface area contributed by atoms with Crippen LogP contribution in [0.1, 0.15) is 15.9 Å². The number of carbonyl (C=O) groups is 1. The Labute approximate surface area is 142 Å². The summed E-state index contributed by atoms with van der Waals surface area (Å²) in [5, 5.41) is 2.99. The van der Waals surface area contributed by atoms with E-state index in [0.29, 0.717) is 17.7 Å². The molecule has 2 heterocycles. The minimum absolute atomic E-state index is 0.399. The summed E-state index contributed by atoms with van der Waals surface area (Å²) in [7, 11) is 0. The molecule has 0 saturated carbocycles. The number of aromatic nitrogens is 1. The van der Waals surface area contributed by atoms with Crippen LogP contribution >= 0.6 is 0 Å². The van der Waals surface area contributed by atoms with E-state index in [0.717, 1.165) is 21.7 Å². The lowest BCUT2D eigenvalue weighted by Gasteiger charge is -2.07. The van der Waals surface area contributed by atoms with Crippen molar-refractivity contribution in [3.8, 4) is 0 Å².